The first-order valence-electron chi connectivity index (χ1n) is 9.83. The van der Waals surface area contributed by atoms with Gasteiger partial charge >= 0.3 is 5.97 Å². The largest absolute Gasteiger partial charge is 0.482 e. The van der Waals surface area contributed by atoms with Crippen molar-refractivity contribution in [2.45, 2.75) is 18.9 Å². The van der Waals surface area contributed by atoms with E-state index in [2.05, 4.69) is 10.1 Å². The number of rotatable bonds is 9. The van der Waals surface area contributed by atoms with Gasteiger partial charge in [-0.15, -0.1) is 0 Å². The van der Waals surface area contributed by atoms with Gasteiger partial charge in [0.15, 0.2) is 6.61 Å². The van der Waals surface area contributed by atoms with Crippen LogP contribution in [-0.4, -0.2) is 25.6 Å². The second kappa shape index (κ2) is 10.8. The summed E-state index contributed by atoms with van der Waals surface area (Å²) in [5.74, 6) is 0.103. The van der Waals surface area contributed by atoms with Crippen molar-refractivity contribution in [1.82, 2.24) is 5.32 Å². The van der Waals surface area contributed by atoms with Crippen LogP contribution in [0, 0.1) is 0 Å². The average molecular weight is 403 g/mol. The van der Waals surface area contributed by atoms with E-state index in [1.165, 1.54) is 7.11 Å². The van der Waals surface area contributed by atoms with E-state index in [0.29, 0.717) is 18.6 Å². The number of nitrogens with one attached hydrogen (secondary N) is 1. The van der Waals surface area contributed by atoms with Crippen LogP contribution in [0.2, 0.25) is 0 Å². The number of hydrogen-bond acceptors (Lipinski definition) is 4. The summed E-state index contributed by atoms with van der Waals surface area (Å²) in [7, 11) is 1.32. The molecule has 0 saturated carbocycles. The van der Waals surface area contributed by atoms with Gasteiger partial charge in [0.25, 0.3) is 0 Å². The third-order valence-corrected chi connectivity index (χ3v) is 4.69. The monoisotopic (exact) mass is 403 g/mol. The van der Waals surface area contributed by atoms with Crippen LogP contribution in [0.1, 0.15) is 29.2 Å². The zero-order valence-electron chi connectivity index (χ0n) is 16.9. The van der Waals surface area contributed by atoms with Crippen molar-refractivity contribution in [3.63, 3.8) is 0 Å². The molecule has 3 rings (SSSR count). The van der Waals surface area contributed by atoms with Crippen LogP contribution in [0.25, 0.3) is 0 Å². The molecule has 0 spiro atoms. The number of aryl methyl sites for hydroxylation is 1. The average Bonchev–Trinajstić information content (AvgIpc) is 2.81. The van der Waals surface area contributed by atoms with E-state index in [1.54, 1.807) is 6.07 Å². The Balaban J connectivity index is 1.62. The lowest BCUT2D eigenvalue weighted by atomic mass is 9.98. The second-order valence-corrected chi connectivity index (χ2v) is 6.83. The van der Waals surface area contributed by atoms with E-state index in [1.807, 2.05) is 78.9 Å². The predicted molar refractivity (Wildman–Crippen MR) is 115 cm³/mol. The maximum absolute atomic E-state index is 12.7. The standard InChI is InChI=1S/C25H25NO4/c1-29-24(28)18-30-22-14-8-9-19(17-22)15-16-23(27)26-25(20-10-4-2-5-11-20)21-12-6-3-7-13-21/h2-14,17,25H,15-16,18H2,1H3,(H,26,27). The molecule has 0 aliphatic carbocycles. The second-order valence-electron chi connectivity index (χ2n) is 6.83. The first kappa shape index (κ1) is 21.1. The van der Waals surface area contributed by atoms with E-state index in [-0.39, 0.29) is 18.6 Å². The van der Waals surface area contributed by atoms with Crippen molar-refractivity contribution in [3.8, 4) is 5.75 Å². The van der Waals surface area contributed by atoms with Gasteiger partial charge in [0.2, 0.25) is 5.91 Å². The molecule has 1 N–H and O–H groups in total. The van der Waals surface area contributed by atoms with Crippen molar-refractivity contribution in [3.05, 3.63) is 102 Å². The molecule has 0 aromatic heterocycles. The highest BCUT2D eigenvalue weighted by atomic mass is 16.6. The highest BCUT2D eigenvalue weighted by Gasteiger charge is 2.16. The van der Waals surface area contributed by atoms with Gasteiger partial charge < -0.3 is 14.8 Å². The Hall–Kier alpha value is -3.60. The number of esters is 1. The SMILES string of the molecule is COC(=O)COc1cccc(CCC(=O)NC(c2ccccc2)c2ccccc2)c1. The molecule has 154 valence electrons. The molecule has 5 nitrogen and oxygen atoms in total. The molecule has 0 bridgehead atoms. The van der Waals surface area contributed by atoms with E-state index in [4.69, 9.17) is 4.74 Å². The normalized spacial score (nSPS) is 10.5. The number of ether oxygens (including phenoxy) is 2. The van der Waals surface area contributed by atoms with Gasteiger partial charge in [-0.25, -0.2) is 4.79 Å². The zero-order chi connectivity index (χ0) is 21.2. The van der Waals surface area contributed by atoms with Crippen LogP contribution in [0.4, 0.5) is 0 Å². The van der Waals surface area contributed by atoms with E-state index in [9.17, 15) is 9.59 Å². The molecule has 3 aromatic carbocycles. The molecule has 0 fully saturated rings. The highest BCUT2D eigenvalue weighted by molar-refractivity contribution is 5.77. The number of carbonyl (C=O) groups is 2. The van der Waals surface area contributed by atoms with Crippen LogP contribution in [0.5, 0.6) is 5.75 Å². The topological polar surface area (TPSA) is 64.6 Å². The van der Waals surface area contributed by atoms with Gasteiger partial charge in [-0.05, 0) is 35.2 Å². The number of benzene rings is 3. The first-order chi connectivity index (χ1) is 14.7. The minimum absolute atomic E-state index is 0.0337. The van der Waals surface area contributed by atoms with Crippen LogP contribution in [0.15, 0.2) is 84.9 Å². The number of hydrogen-bond donors (Lipinski definition) is 1. The molecule has 3 aromatic rings. The fourth-order valence-electron chi connectivity index (χ4n) is 3.13. The molecule has 0 atom stereocenters. The van der Waals surface area contributed by atoms with Crippen LogP contribution in [0.3, 0.4) is 0 Å². The Bertz CT molecular complexity index is 918. The molecular formula is C25H25NO4. The lowest BCUT2D eigenvalue weighted by molar-refractivity contribution is -0.142. The van der Waals surface area contributed by atoms with Gasteiger partial charge in [-0.2, -0.15) is 0 Å². The van der Waals surface area contributed by atoms with Crippen LogP contribution in [-0.2, 0) is 20.7 Å². The molecule has 0 aliphatic rings. The quantitative estimate of drug-likeness (QED) is 0.547. The van der Waals surface area contributed by atoms with E-state index in [0.717, 1.165) is 16.7 Å². The van der Waals surface area contributed by atoms with Gasteiger partial charge in [0.1, 0.15) is 5.75 Å². The van der Waals surface area contributed by atoms with Crippen molar-refractivity contribution >= 4 is 11.9 Å². The van der Waals surface area contributed by atoms with Gasteiger partial charge in [0, 0.05) is 6.42 Å². The Morgan fingerprint density at radius 3 is 2.10 bits per heavy atom. The molecule has 5 heteroatoms. The molecule has 0 unspecified atom stereocenters. The van der Waals surface area contributed by atoms with Crippen LogP contribution < -0.4 is 10.1 Å². The number of carbonyl (C=O) groups excluding carboxylic acids is 2. The van der Waals surface area contributed by atoms with Crippen molar-refractivity contribution in [1.29, 1.82) is 0 Å². The molecule has 0 heterocycles. The van der Waals surface area contributed by atoms with Crippen LogP contribution >= 0.6 is 0 Å². The van der Waals surface area contributed by atoms with Gasteiger partial charge in [0.05, 0.1) is 13.2 Å². The van der Waals surface area contributed by atoms with E-state index >= 15 is 0 Å². The Morgan fingerprint density at radius 1 is 0.867 bits per heavy atom. The molecule has 30 heavy (non-hydrogen) atoms. The Kier molecular flexibility index (Phi) is 7.61. The summed E-state index contributed by atoms with van der Waals surface area (Å²) in [6.45, 7) is -0.143. The molecule has 0 saturated heterocycles. The lowest BCUT2D eigenvalue weighted by Gasteiger charge is -2.20. The summed E-state index contributed by atoms with van der Waals surface area (Å²) < 4.78 is 9.99. The minimum atomic E-state index is -0.437. The van der Waals surface area contributed by atoms with Crippen molar-refractivity contribution in [2.24, 2.45) is 0 Å². The summed E-state index contributed by atoms with van der Waals surface area (Å²) in [6.07, 6.45) is 0.911. The number of amides is 1. The maximum atomic E-state index is 12.7. The minimum Gasteiger partial charge on any atom is -0.482 e. The Labute approximate surface area is 176 Å². The van der Waals surface area contributed by atoms with Gasteiger partial charge in [-0.3, -0.25) is 4.79 Å². The lowest BCUT2D eigenvalue weighted by Crippen LogP contribution is -2.29. The summed E-state index contributed by atoms with van der Waals surface area (Å²) in [4.78, 5) is 23.9. The molecule has 1 amide bonds. The molecular weight excluding hydrogens is 378 g/mol. The fraction of sp³-hybridized carbons (Fsp3) is 0.200. The van der Waals surface area contributed by atoms with Gasteiger partial charge in [-0.1, -0.05) is 72.8 Å². The summed E-state index contributed by atoms with van der Waals surface area (Å²) in [6, 6.07) is 27.0. The number of methoxy groups -OCH3 is 1. The maximum Gasteiger partial charge on any atom is 0.343 e. The Morgan fingerprint density at radius 2 is 1.50 bits per heavy atom. The predicted octanol–water partition coefficient (Wildman–Crippen LogP) is 4.08. The third kappa shape index (κ3) is 6.21. The highest BCUT2D eigenvalue weighted by Crippen LogP contribution is 2.22. The first-order valence-corrected chi connectivity index (χ1v) is 9.83. The summed E-state index contributed by atoms with van der Waals surface area (Å²) in [5, 5.41) is 3.15. The molecule has 0 radical (unpaired) electrons. The third-order valence-electron chi connectivity index (χ3n) is 4.69. The fourth-order valence-corrected chi connectivity index (χ4v) is 3.13. The van der Waals surface area contributed by atoms with Crippen molar-refractivity contribution < 1.29 is 19.1 Å². The smallest absolute Gasteiger partial charge is 0.343 e. The van der Waals surface area contributed by atoms with E-state index < -0.39 is 5.97 Å². The van der Waals surface area contributed by atoms with Crippen molar-refractivity contribution in [2.75, 3.05) is 13.7 Å². The zero-order valence-corrected chi connectivity index (χ0v) is 16.9. The molecule has 0 aliphatic heterocycles. The summed E-state index contributed by atoms with van der Waals surface area (Å²) >= 11 is 0. The summed E-state index contributed by atoms with van der Waals surface area (Å²) in [5.41, 5.74) is 3.04.